The first-order chi connectivity index (χ1) is 13.2. The Labute approximate surface area is 172 Å². The molecule has 0 heterocycles. The lowest BCUT2D eigenvalue weighted by Crippen LogP contribution is -2.33. The summed E-state index contributed by atoms with van der Waals surface area (Å²) in [5, 5.41) is 14.6. The summed E-state index contributed by atoms with van der Waals surface area (Å²) in [6.45, 7) is 1.48. The predicted molar refractivity (Wildman–Crippen MR) is 107 cm³/mol. The lowest BCUT2D eigenvalue weighted by Gasteiger charge is -2.23. The molecule has 0 aliphatic heterocycles. The number of amides is 2. The number of halogens is 2. The largest absolute Gasteiger partial charge is 0.349 e. The maximum atomic E-state index is 12.7. The summed E-state index contributed by atoms with van der Waals surface area (Å²) >= 11 is 12.0. The Hall–Kier alpha value is -2.64. The zero-order valence-electron chi connectivity index (χ0n) is 15.3. The van der Waals surface area contributed by atoms with E-state index in [2.05, 4.69) is 5.32 Å². The maximum Gasteiger partial charge on any atom is 0.269 e. The SMILES string of the molecule is CC(=O)NC(CC(=O)N(C)Cc1cc([N+](=O)[O-])ccc1Cl)c1ccc(Cl)cc1. The van der Waals surface area contributed by atoms with Gasteiger partial charge in [-0.1, -0.05) is 35.3 Å². The van der Waals surface area contributed by atoms with Crippen molar-refractivity contribution < 1.29 is 14.5 Å². The molecule has 0 aromatic heterocycles. The fourth-order valence-electron chi connectivity index (χ4n) is 2.66. The summed E-state index contributed by atoms with van der Waals surface area (Å²) in [4.78, 5) is 36.1. The highest BCUT2D eigenvalue weighted by Crippen LogP contribution is 2.25. The minimum Gasteiger partial charge on any atom is -0.349 e. The van der Waals surface area contributed by atoms with E-state index in [0.29, 0.717) is 15.6 Å². The van der Waals surface area contributed by atoms with Gasteiger partial charge >= 0.3 is 0 Å². The smallest absolute Gasteiger partial charge is 0.269 e. The molecule has 0 saturated heterocycles. The number of carbonyl (C=O) groups is 2. The molecule has 9 heteroatoms. The number of nitro groups is 1. The summed E-state index contributed by atoms with van der Waals surface area (Å²) in [5.74, 6) is -0.520. The number of nitro benzene ring substituents is 1. The van der Waals surface area contributed by atoms with Crippen molar-refractivity contribution in [2.24, 2.45) is 0 Å². The van der Waals surface area contributed by atoms with Crippen LogP contribution in [0, 0.1) is 10.1 Å². The molecule has 28 heavy (non-hydrogen) atoms. The molecule has 2 amide bonds. The van der Waals surface area contributed by atoms with Crippen LogP contribution in [0.3, 0.4) is 0 Å². The van der Waals surface area contributed by atoms with E-state index in [9.17, 15) is 19.7 Å². The molecule has 1 N–H and O–H groups in total. The van der Waals surface area contributed by atoms with Gasteiger partial charge in [0.1, 0.15) is 0 Å². The van der Waals surface area contributed by atoms with Gasteiger partial charge in [-0.05, 0) is 29.3 Å². The van der Waals surface area contributed by atoms with Crippen LogP contribution in [0.2, 0.25) is 10.0 Å². The number of carbonyl (C=O) groups excluding carboxylic acids is 2. The van der Waals surface area contributed by atoms with Gasteiger partial charge in [0.05, 0.1) is 17.4 Å². The van der Waals surface area contributed by atoms with Crippen molar-refractivity contribution >= 4 is 40.7 Å². The number of non-ortho nitro benzene ring substituents is 1. The summed E-state index contributed by atoms with van der Waals surface area (Å²) in [5.41, 5.74) is 1.11. The molecule has 2 rings (SSSR count). The third-order valence-electron chi connectivity index (χ3n) is 4.10. The van der Waals surface area contributed by atoms with Crippen LogP contribution in [0.15, 0.2) is 42.5 Å². The second kappa shape index (κ2) is 9.52. The third kappa shape index (κ3) is 5.94. The molecule has 1 atom stereocenters. The first-order valence-electron chi connectivity index (χ1n) is 8.36. The van der Waals surface area contributed by atoms with Crippen LogP contribution in [-0.2, 0) is 16.1 Å². The first-order valence-corrected chi connectivity index (χ1v) is 9.12. The molecule has 2 aromatic carbocycles. The Morgan fingerprint density at radius 1 is 1.18 bits per heavy atom. The minimum absolute atomic E-state index is 0.0181. The van der Waals surface area contributed by atoms with E-state index in [1.54, 1.807) is 31.3 Å². The molecule has 0 aliphatic carbocycles. The molecular formula is C19H19Cl2N3O4. The van der Waals surface area contributed by atoms with Crippen LogP contribution in [0.1, 0.15) is 30.5 Å². The van der Waals surface area contributed by atoms with Gasteiger partial charge in [0.2, 0.25) is 11.8 Å². The number of benzene rings is 2. The lowest BCUT2D eigenvalue weighted by molar-refractivity contribution is -0.384. The molecule has 0 bridgehead atoms. The topological polar surface area (TPSA) is 92.6 Å². The first kappa shape index (κ1) is 21.7. The fraction of sp³-hybridized carbons (Fsp3) is 0.263. The van der Waals surface area contributed by atoms with Gasteiger partial charge in [0.25, 0.3) is 5.69 Å². The molecular weight excluding hydrogens is 405 g/mol. The molecule has 0 radical (unpaired) electrons. The van der Waals surface area contributed by atoms with E-state index in [1.807, 2.05) is 0 Å². The lowest BCUT2D eigenvalue weighted by atomic mass is 10.0. The Bertz CT molecular complexity index is 887. The Kier molecular flexibility index (Phi) is 7.37. The number of rotatable bonds is 7. The van der Waals surface area contributed by atoms with Gasteiger partial charge in [0, 0.05) is 42.7 Å². The molecule has 2 aromatic rings. The van der Waals surface area contributed by atoms with Gasteiger partial charge in [-0.25, -0.2) is 0 Å². The summed E-state index contributed by atoms with van der Waals surface area (Å²) in [7, 11) is 1.57. The highest BCUT2D eigenvalue weighted by Gasteiger charge is 2.21. The molecule has 0 fully saturated rings. The van der Waals surface area contributed by atoms with E-state index in [1.165, 1.54) is 30.0 Å². The molecule has 0 saturated carbocycles. The standard InChI is InChI=1S/C19H19Cl2N3O4/c1-12(25)22-18(13-3-5-15(20)6-4-13)10-19(26)23(2)11-14-9-16(24(27)28)7-8-17(14)21/h3-9,18H,10-11H2,1-2H3,(H,22,25). The highest BCUT2D eigenvalue weighted by atomic mass is 35.5. The van der Waals surface area contributed by atoms with Crippen molar-refractivity contribution in [2.45, 2.75) is 25.9 Å². The molecule has 1 unspecified atom stereocenters. The Morgan fingerprint density at radius 3 is 2.39 bits per heavy atom. The van der Waals surface area contributed by atoms with Gasteiger partial charge < -0.3 is 10.2 Å². The average molecular weight is 424 g/mol. The number of hydrogen-bond acceptors (Lipinski definition) is 4. The van der Waals surface area contributed by atoms with Crippen LogP contribution >= 0.6 is 23.2 Å². The quantitative estimate of drug-likeness (QED) is 0.535. The second-order valence-electron chi connectivity index (χ2n) is 6.29. The van der Waals surface area contributed by atoms with Crippen LogP contribution in [0.4, 0.5) is 5.69 Å². The second-order valence-corrected chi connectivity index (χ2v) is 7.14. The average Bonchev–Trinajstić information content (AvgIpc) is 2.62. The van der Waals surface area contributed by atoms with Crippen molar-refractivity contribution in [3.63, 3.8) is 0 Å². The van der Waals surface area contributed by atoms with Gasteiger partial charge in [-0.15, -0.1) is 0 Å². The van der Waals surface area contributed by atoms with Gasteiger partial charge in [-0.2, -0.15) is 0 Å². The van der Waals surface area contributed by atoms with E-state index in [-0.39, 0.29) is 30.5 Å². The minimum atomic E-state index is -0.523. The molecule has 148 valence electrons. The normalized spacial score (nSPS) is 11.6. The van der Waals surface area contributed by atoms with E-state index in [4.69, 9.17) is 23.2 Å². The summed E-state index contributed by atoms with van der Waals surface area (Å²) in [6.07, 6.45) is 0.0181. The molecule has 0 spiro atoms. The van der Waals surface area contributed by atoms with Crippen LogP contribution in [0.5, 0.6) is 0 Å². The van der Waals surface area contributed by atoms with Crippen molar-refractivity contribution in [1.82, 2.24) is 10.2 Å². The zero-order chi connectivity index (χ0) is 20.8. The number of nitrogens with zero attached hydrogens (tertiary/aromatic N) is 2. The van der Waals surface area contributed by atoms with Crippen molar-refractivity contribution in [3.8, 4) is 0 Å². The maximum absolute atomic E-state index is 12.7. The van der Waals surface area contributed by atoms with E-state index >= 15 is 0 Å². The van der Waals surface area contributed by atoms with Gasteiger partial charge in [0.15, 0.2) is 0 Å². The van der Waals surface area contributed by atoms with E-state index < -0.39 is 11.0 Å². The summed E-state index contributed by atoms with van der Waals surface area (Å²) in [6, 6.07) is 10.4. The molecule has 0 aliphatic rings. The van der Waals surface area contributed by atoms with Crippen LogP contribution in [-0.4, -0.2) is 28.7 Å². The summed E-state index contributed by atoms with van der Waals surface area (Å²) < 4.78 is 0. The number of hydrogen-bond donors (Lipinski definition) is 1. The number of nitrogens with one attached hydrogen (secondary N) is 1. The van der Waals surface area contributed by atoms with Crippen LogP contribution < -0.4 is 5.32 Å². The van der Waals surface area contributed by atoms with E-state index in [0.717, 1.165) is 5.56 Å². The van der Waals surface area contributed by atoms with Crippen LogP contribution in [0.25, 0.3) is 0 Å². The predicted octanol–water partition coefficient (Wildman–Crippen LogP) is 4.13. The van der Waals surface area contributed by atoms with Crippen molar-refractivity contribution in [3.05, 3.63) is 73.8 Å². The van der Waals surface area contributed by atoms with Crippen molar-refractivity contribution in [1.29, 1.82) is 0 Å². The van der Waals surface area contributed by atoms with Gasteiger partial charge in [-0.3, -0.25) is 19.7 Å². The van der Waals surface area contributed by atoms with Crippen molar-refractivity contribution in [2.75, 3.05) is 7.05 Å². The molecule has 7 nitrogen and oxygen atoms in total. The fourth-order valence-corrected chi connectivity index (χ4v) is 2.97. The highest BCUT2D eigenvalue weighted by molar-refractivity contribution is 6.31. The zero-order valence-corrected chi connectivity index (χ0v) is 16.8. The third-order valence-corrected chi connectivity index (χ3v) is 4.72. The Balaban J connectivity index is 2.14. The monoisotopic (exact) mass is 423 g/mol. The Morgan fingerprint density at radius 2 is 1.82 bits per heavy atom.